The van der Waals surface area contributed by atoms with Crippen LogP contribution in [0.1, 0.15) is 30.9 Å². The van der Waals surface area contributed by atoms with Gasteiger partial charge < -0.3 is 4.74 Å². The number of alkyl halides is 3. The lowest BCUT2D eigenvalue weighted by atomic mass is 10.0. The Morgan fingerprint density at radius 1 is 1.09 bits per heavy atom. The Morgan fingerprint density at radius 2 is 1.70 bits per heavy atom. The van der Waals surface area contributed by atoms with Gasteiger partial charge in [-0.25, -0.2) is 0 Å². The van der Waals surface area contributed by atoms with E-state index in [4.69, 9.17) is 4.74 Å². The molecule has 23 heavy (non-hydrogen) atoms. The molecule has 0 saturated carbocycles. The molecule has 0 bridgehead atoms. The van der Waals surface area contributed by atoms with Crippen molar-refractivity contribution in [1.29, 1.82) is 0 Å². The molecule has 0 unspecified atom stereocenters. The SMILES string of the molecule is CC(C)c1cc([N+](=O)[O-])ccc1Oc1ccc(C(F)(F)F)cc1. The molecule has 0 saturated heterocycles. The van der Waals surface area contributed by atoms with Crippen molar-refractivity contribution in [2.24, 2.45) is 0 Å². The molecule has 2 rings (SSSR count). The predicted octanol–water partition coefficient (Wildman–Crippen LogP) is 5.53. The zero-order chi connectivity index (χ0) is 17.2. The van der Waals surface area contributed by atoms with Crippen LogP contribution in [0.2, 0.25) is 0 Å². The molecule has 0 radical (unpaired) electrons. The highest BCUT2D eigenvalue weighted by Gasteiger charge is 2.30. The van der Waals surface area contributed by atoms with E-state index < -0.39 is 16.7 Å². The van der Waals surface area contributed by atoms with Gasteiger partial charge in [0, 0.05) is 17.7 Å². The molecule has 0 aromatic heterocycles. The summed E-state index contributed by atoms with van der Waals surface area (Å²) in [4.78, 5) is 10.3. The first kappa shape index (κ1) is 16.8. The van der Waals surface area contributed by atoms with Crippen LogP contribution in [0, 0.1) is 10.1 Å². The summed E-state index contributed by atoms with van der Waals surface area (Å²) >= 11 is 0. The third-order valence-corrected chi connectivity index (χ3v) is 3.24. The maximum absolute atomic E-state index is 12.5. The number of hydrogen-bond acceptors (Lipinski definition) is 3. The van der Waals surface area contributed by atoms with Gasteiger partial charge in [-0.1, -0.05) is 13.8 Å². The number of non-ortho nitro benzene ring substituents is 1. The van der Waals surface area contributed by atoms with E-state index in [1.165, 1.54) is 30.3 Å². The van der Waals surface area contributed by atoms with Crippen LogP contribution in [0.3, 0.4) is 0 Å². The fraction of sp³-hybridized carbons (Fsp3) is 0.250. The van der Waals surface area contributed by atoms with Crippen LogP contribution in [0.15, 0.2) is 42.5 Å². The molecule has 0 aliphatic rings. The van der Waals surface area contributed by atoms with Crippen molar-refractivity contribution in [2.75, 3.05) is 0 Å². The molecule has 0 N–H and O–H groups in total. The van der Waals surface area contributed by atoms with E-state index in [-0.39, 0.29) is 17.4 Å². The van der Waals surface area contributed by atoms with Crippen LogP contribution in [-0.4, -0.2) is 4.92 Å². The number of rotatable bonds is 4. The van der Waals surface area contributed by atoms with Gasteiger partial charge in [0.15, 0.2) is 0 Å². The molecule has 0 heterocycles. The van der Waals surface area contributed by atoms with E-state index in [2.05, 4.69) is 0 Å². The summed E-state index contributed by atoms with van der Waals surface area (Å²) in [5, 5.41) is 10.8. The second kappa shape index (κ2) is 6.28. The summed E-state index contributed by atoms with van der Waals surface area (Å²) in [7, 11) is 0. The van der Waals surface area contributed by atoms with Crippen molar-refractivity contribution in [3.63, 3.8) is 0 Å². The van der Waals surface area contributed by atoms with Gasteiger partial charge in [-0.2, -0.15) is 13.2 Å². The van der Waals surface area contributed by atoms with E-state index >= 15 is 0 Å². The standard InChI is InChI=1S/C16H14F3NO3/c1-10(2)14-9-12(20(21)22)5-8-15(14)23-13-6-3-11(4-7-13)16(17,18)19/h3-10H,1-2H3. The third-order valence-electron chi connectivity index (χ3n) is 3.24. The molecule has 0 atom stereocenters. The number of halogens is 3. The number of hydrogen-bond donors (Lipinski definition) is 0. The molecule has 0 aliphatic heterocycles. The molecule has 4 nitrogen and oxygen atoms in total. The molecule has 2 aromatic rings. The minimum Gasteiger partial charge on any atom is -0.457 e. The van der Waals surface area contributed by atoms with Gasteiger partial charge in [-0.15, -0.1) is 0 Å². The van der Waals surface area contributed by atoms with Crippen molar-refractivity contribution in [2.45, 2.75) is 25.9 Å². The molecule has 0 spiro atoms. The Bertz CT molecular complexity index is 710. The van der Waals surface area contributed by atoms with Gasteiger partial charge in [-0.3, -0.25) is 10.1 Å². The quantitative estimate of drug-likeness (QED) is 0.548. The van der Waals surface area contributed by atoms with E-state index in [9.17, 15) is 23.3 Å². The van der Waals surface area contributed by atoms with Crippen LogP contribution in [0.25, 0.3) is 0 Å². The monoisotopic (exact) mass is 325 g/mol. The van der Waals surface area contributed by atoms with Gasteiger partial charge in [0.25, 0.3) is 5.69 Å². The maximum Gasteiger partial charge on any atom is 0.416 e. The smallest absolute Gasteiger partial charge is 0.416 e. The number of nitrogens with zero attached hydrogens (tertiary/aromatic N) is 1. The number of nitro groups is 1. The first-order valence-electron chi connectivity index (χ1n) is 6.82. The summed E-state index contributed by atoms with van der Waals surface area (Å²) in [5.41, 5.74) is -0.217. The van der Waals surface area contributed by atoms with Crippen LogP contribution >= 0.6 is 0 Å². The van der Waals surface area contributed by atoms with Crippen LogP contribution in [0.4, 0.5) is 18.9 Å². The van der Waals surface area contributed by atoms with Crippen molar-refractivity contribution in [3.05, 3.63) is 63.7 Å². The van der Waals surface area contributed by atoms with E-state index in [1.54, 1.807) is 0 Å². The topological polar surface area (TPSA) is 52.4 Å². The highest BCUT2D eigenvalue weighted by molar-refractivity contribution is 5.47. The Morgan fingerprint density at radius 3 is 2.17 bits per heavy atom. The maximum atomic E-state index is 12.5. The number of benzene rings is 2. The molecular formula is C16H14F3NO3. The Kier molecular flexibility index (Phi) is 4.58. The highest BCUT2D eigenvalue weighted by Crippen LogP contribution is 2.35. The molecule has 0 aliphatic carbocycles. The summed E-state index contributed by atoms with van der Waals surface area (Å²) in [6.07, 6.45) is -4.41. The van der Waals surface area contributed by atoms with Gasteiger partial charge >= 0.3 is 6.18 Å². The zero-order valence-corrected chi connectivity index (χ0v) is 12.4. The van der Waals surface area contributed by atoms with E-state index in [0.717, 1.165) is 12.1 Å². The Balaban J connectivity index is 2.31. The lowest BCUT2D eigenvalue weighted by molar-refractivity contribution is -0.384. The van der Waals surface area contributed by atoms with Crippen LogP contribution in [0.5, 0.6) is 11.5 Å². The average molecular weight is 325 g/mol. The van der Waals surface area contributed by atoms with Gasteiger partial charge in [0.2, 0.25) is 0 Å². The molecule has 122 valence electrons. The fourth-order valence-electron chi connectivity index (χ4n) is 2.03. The highest BCUT2D eigenvalue weighted by atomic mass is 19.4. The van der Waals surface area contributed by atoms with Gasteiger partial charge in [0.1, 0.15) is 11.5 Å². The van der Waals surface area contributed by atoms with E-state index in [0.29, 0.717) is 11.3 Å². The predicted molar refractivity (Wildman–Crippen MR) is 78.7 cm³/mol. The van der Waals surface area contributed by atoms with Crippen molar-refractivity contribution >= 4 is 5.69 Å². The second-order valence-electron chi connectivity index (χ2n) is 5.26. The fourth-order valence-corrected chi connectivity index (χ4v) is 2.03. The Labute approximate surface area is 130 Å². The summed E-state index contributed by atoms with van der Waals surface area (Å²) in [6.45, 7) is 3.69. The molecule has 0 amide bonds. The van der Waals surface area contributed by atoms with Gasteiger partial charge in [-0.05, 0) is 36.2 Å². The first-order chi connectivity index (χ1) is 10.7. The minimum atomic E-state index is -4.41. The third kappa shape index (κ3) is 4.00. The average Bonchev–Trinajstić information content (AvgIpc) is 2.46. The molecule has 0 fully saturated rings. The second-order valence-corrected chi connectivity index (χ2v) is 5.26. The van der Waals surface area contributed by atoms with Crippen LogP contribution < -0.4 is 4.74 Å². The van der Waals surface area contributed by atoms with E-state index in [1.807, 2.05) is 13.8 Å². The Hall–Kier alpha value is -2.57. The minimum absolute atomic E-state index is 0.0423. The van der Waals surface area contributed by atoms with Crippen molar-refractivity contribution < 1.29 is 22.8 Å². The van der Waals surface area contributed by atoms with Crippen molar-refractivity contribution in [3.8, 4) is 11.5 Å². The lowest BCUT2D eigenvalue weighted by Gasteiger charge is -2.14. The number of ether oxygens (including phenoxy) is 1. The van der Waals surface area contributed by atoms with Gasteiger partial charge in [0.05, 0.1) is 10.5 Å². The van der Waals surface area contributed by atoms with Crippen molar-refractivity contribution in [1.82, 2.24) is 0 Å². The summed E-state index contributed by atoms with van der Waals surface area (Å²) in [5.74, 6) is 0.568. The zero-order valence-electron chi connectivity index (χ0n) is 12.4. The number of nitro benzene ring substituents is 1. The van der Waals surface area contributed by atoms with Crippen LogP contribution in [-0.2, 0) is 6.18 Å². The summed E-state index contributed by atoms with van der Waals surface area (Å²) < 4.78 is 43.2. The first-order valence-corrected chi connectivity index (χ1v) is 6.82. The lowest BCUT2D eigenvalue weighted by Crippen LogP contribution is -2.04. The summed E-state index contributed by atoms with van der Waals surface area (Å²) in [6, 6.07) is 8.44. The molecular weight excluding hydrogens is 311 g/mol. The molecule has 2 aromatic carbocycles. The molecule has 7 heteroatoms. The normalized spacial score (nSPS) is 11.6. The largest absolute Gasteiger partial charge is 0.457 e.